The Morgan fingerprint density at radius 2 is 1.44 bits per heavy atom. The van der Waals surface area contributed by atoms with Crippen LogP contribution in [0.25, 0.3) is 0 Å². The van der Waals surface area contributed by atoms with E-state index in [-0.39, 0.29) is 41.3 Å². The Balaban J connectivity index is 1.49. The summed E-state index contributed by atoms with van der Waals surface area (Å²) in [6.07, 6.45) is 0.0615. The van der Waals surface area contributed by atoms with E-state index < -0.39 is 22.0 Å². The van der Waals surface area contributed by atoms with Crippen LogP contribution in [-0.4, -0.2) is 37.8 Å². The summed E-state index contributed by atoms with van der Waals surface area (Å²) in [5, 5.41) is 0. The molecule has 4 rings (SSSR count). The number of nitrogens with zero attached hydrogens (tertiary/aromatic N) is 1. The standard InChI is InChI=1S/C25H24F2N2O4S/c26-20-8-4-17(5-9-20)24(18-6-10-21(27)11-7-18)33-22-12-14-29(15-13-22)34(31,32)23-3-1-2-19(16-23)25(28)30/h1-11,16,22,24H,12-15H2,(H2,28,30). The van der Waals surface area contributed by atoms with Crippen molar-refractivity contribution in [1.29, 1.82) is 0 Å². The van der Waals surface area contributed by atoms with Crippen molar-refractivity contribution in [3.63, 3.8) is 0 Å². The first-order chi connectivity index (χ1) is 16.2. The van der Waals surface area contributed by atoms with Gasteiger partial charge in [0.05, 0.1) is 11.0 Å². The van der Waals surface area contributed by atoms with E-state index in [2.05, 4.69) is 0 Å². The van der Waals surface area contributed by atoms with Crippen molar-refractivity contribution in [3.8, 4) is 0 Å². The zero-order valence-electron chi connectivity index (χ0n) is 18.2. The predicted molar refractivity (Wildman–Crippen MR) is 122 cm³/mol. The van der Waals surface area contributed by atoms with Crippen LogP contribution >= 0.6 is 0 Å². The van der Waals surface area contributed by atoms with Crippen molar-refractivity contribution in [2.45, 2.75) is 29.9 Å². The normalized spacial score (nSPS) is 15.5. The molecule has 0 spiro atoms. The number of halogens is 2. The SMILES string of the molecule is NC(=O)c1cccc(S(=O)(=O)N2CCC(OC(c3ccc(F)cc3)c3ccc(F)cc3)CC2)c1. The van der Waals surface area contributed by atoms with E-state index in [1.165, 1.54) is 52.8 Å². The summed E-state index contributed by atoms with van der Waals surface area (Å²) in [4.78, 5) is 11.4. The van der Waals surface area contributed by atoms with Crippen LogP contribution in [0, 0.1) is 11.6 Å². The number of amides is 1. The second-order valence-electron chi connectivity index (χ2n) is 8.11. The summed E-state index contributed by atoms with van der Waals surface area (Å²) in [6.45, 7) is 0.459. The molecule has 0 saturated carbocycles. The summed E-state index contributed by atoms with van der Waals surface area (Å²) in [5.74, 6) is -1.45. The fraction of sp³-hybridized carbons (Fsp3) is 0.240. The van der Waals surface area contributed by atoms with E-state index >= 15 is 0 Å². The number of primary amides is 1. The van der Waals surface area contributed by atoms with E-state index in [0.29, 0.717) is 24.0 Å². The molecule has 3 aromatic carbocycles. The Labute approximate surface area is 197 Å². The first kappa shape index (κ1) is 24.0. The number of benzene rings is 3. The summed E-state index contributed by atoms with van der Waals surface area (Å²) >= 11 is 0. The summed E-state index contributed by atoms with van der Waals surface area (Å²) in [7, 11) is -3.80. The van der Waals surface area contributed by atoms with Gasteiger partial charge in [-0.05, 0) is 66.4 Å². The summed E-state index contributed by atoms with van der Waals surface area (Å²) in [6, 6.07) is 17.5. The molecule has 3 aromatic rings. The predicted octanol–water partition coefficient (Wildman–Crippen LogP) is 4.02. The number of ether oxygens (including phenoxy) is 1. The quantitative estimate of drug-likeness (QED) is 0.546. The van der Waals surface area contributed by atoms with Gasteiger partial charge < -0.3 is 10.5 Å². The van der Waals surface area contributed by atoms with Crippen LogP contribution in [0.15, 0.2) is 77.7 Å². The Morgan fingerprint density at radius 1 is 0.912 bits per heavy atom. The monoisotopic (exact) mass is 486 g/mol. The summed E-state index contributed by atoms with van der Waals surface area (Å²) in [5.41, 5.74) is 6.83. The van der Waals surface area contributed by atoms with Crippen molar-refractivity contribution in [3.05, 3.63) is 101 Å². The number of nitrogens with two attached hydrogens (primary N) is 1. The van der Waals surface area contributed by atoms with E-state index in [4.69, 9.17) is 10.5 Å². The maximum absolute atomic E-state index is 13.4. The first-order valence-electron chi connectivity index (χ1n) is 10.8. The zero-order valence-corrected chi connectivity index (χ0v) is 19.0. The average Bonchev–Trinajstić information content (AvgIpc) is 2.84. The number of hydrogen-bond acceptors (Lipinski definition) is 4. The highest BCUT2D eigenvalue weighted by Crippen LogP contribution is 2.31. The van der Waals surface area contributed by atoms with Gasteiger partial charge in [0.15, 0.2) is 0 Å². The van der Waals surface area contributed by atoms with E-state index in [1.54, 1.807) is 24.3 Å². The lowest BCUT2D eigenvalue weighted by atomic mass is 10.00. The van der Waals surface area contributed by atoms with Gasteiger partial charge in [-0.1, -0.05) is 30.3 Å². The lowest BCUT2D eigenvalue weighted by Gasteiger charge is -2.33. The van der Waals surface area contributed by atoms with Crippen molar-refractivity contribution >= 4 is 15.9 Å². The molecule has 1 heterocycles. The number of rotatable bonds is 7. The van der Waals surface area contributed by atoms with Crippen LogP contribution in [-0.2, 0) is 14.8 Å². The molecule has 1 fully saturated rings. The molecule has 0 unspecified atom stereocenters. The van der Waals surface area contributed by atoms with Gasteiger partial charge in [-0.15, -0.1) is 0 Å². The molecule has 6 nitrogen and oxygen atoms in total. The minimum absolute atomic E-state index is 0.0127. The largest absolute Gasteiger partial charge is 0.366 e. The van der Waals surface area contributed by atoms with Crippen LogP contribution in [0.1, 0.15) is 40.4 Å². The Hall–Kier alpha value is -3.14. The molecule has 1 saturated heterocycles. The highest BCUT2D eigenvalue weighted by Gasteiger charge is 2.31. The molecule has 9 heteroatoms. The van der Waals surface area contributed by atoms with Gasteiger partial charge in [0, 0.05) is 18.7 Å². The molecule has 0 atom stereocenters. The molecule has 178 valence electrons. The van der Waals surface area contributed by atoms with Crippen molar-refractivity contribution in [2.24, 2.45) is 5.73 Å². The zero-order chi connectivity index (χ0) is 24.3. The fourth-order valence-electron chi connectivity index (χ4n) is 3.98. The lowest BCUT2D eigenvalue weighted by Crippen LogP contribution is -2.41. The van der Waals surface area contributed by atoms with Crippen LogP contribution in [0.5, 0.6) is 0 Å². The molecular weight excluding hydrogens is 462 g/mol. The van der Waals surface area contributed by atoms with E-state index in [0.717, 1.165) is 0 Å². The molecule has 0 aliphatic carbocycles. The van der Waals surface area contributed by atoms with Gasteiger partial charge >= 0.3 is 0 Å². The van der Waals surface area contributed by atoms with Crippen LogP contribution in [0.2, 0.25) is 0 Å². The molecule has 0 aromatic heterocycles. The average molecular weight is 487 g/mol. The molecule has 0 bridgehead atoms. The van der Waals surface area contributed by atoms with Crippen molar-refractivity contribution in [2.75, 3.05) is 13.1 Å². The van der Waals surface area contributed by atoms with Crippen LogP contribution in [0.3, 0.4) is 0 Å². The Kier molecular flexibility index (Phi) is 7.06. The van der Waals surface area contributed by atoms with Gasteiger partial charge in [0.2, 0.25) is 15.9 Å². The smallest absolute Gasteiger partial charge is 0.248 e. The number of hydrogen-bond donors (Lipinski definition) is 1. The molecule has 1 aliphatic heterocycles. The minimum Gasteiger partial charge on any atom is -0.366 e. The first-order valence-corrected chi connectivity index (χ1v) is 12.2. The van der Waals surface area contributed by atoms with Crippen molar-refractivity contribution < 1.29 is 26.7 Å². The van der Waals surface area contributed by atoms with E-state index in [1.807, 2.05) is 0 Å². The molecular formula is C25H24F2N2O4S. The lowest BCUT2D eigenvalue weighted by molar-refractivity contribution is -0.0170. The third-order valence-corrected chi connectivity index (χ3v) is 7.73. The van der Waals surface area contributed by atoms with Gasteiger partial charge in [-0.25, -0.2) is 17.2 Å². The maximum Gasteiger partial charge on any atom is 0.248 e. The van der Waals surface area contributed by atoms with Crippen molar-refractivity contribution in [1.82, 2.24) is 4.31 Å². The second-order valence-corrected chi connectivity index (χ2v) is 10.1. The fourth-order valence-corrected chi connectivity index (χ4v) is 5.50. The maximum atomic E-state index is 13.4. The third-order valence-electron chi connectivity index (χ3n) is 5.83. The number of sulfonamides is 1. The van der Waals surface area contributed by atoms with Gasteiger partial charge in [-0.3, -0.25) is 4.79 Å². The number of carbonyl (C=O) groups excluding carboxylic acids is 1. The Morgan fingerprint density at radius 3 is 1.94 bits per heavy atom. The minimum atomic E-state index is -3.80. The second kappa shape index (κ2) is 10.0. The summed E-state index contributed by atoms with van der Waals surface area (Å²) < 4.78 is 60.7. The van der Waals surface area contributed by atoms with Crippen LogP contribution < -0.4 is 5.73 Å². The highest BCUT2D eigenvalue weighted by molar-refractivity contribution is 7.89. The third kappa shape index (κ3) is 5.32. The highest BCUT2D eigenvalue weighted by atomic mass is 32.2. The molecule has 1 aliphatic rings. The molecule has 2 N–H and O–H groups in total. The van der Waals surface area contributed by atoms with Gasteiger partial charge in [0.25, 0.3) is 0 Å². The molecule has 34 heavy (non-hydrogen) atoms. The number of piperidine rings is 1. The number of carbonyl (C=O) groups is 1. The van der Waals surface area contributed by atoms with E-state index in [9.17, 15) is 22.0 Å². The molecule has 0 radical (unpaired) electrons. The topological polar surface area (TPSA) is 89.7 Å². The van der Waals surface area contributed by atoms with Gasteiger partial charge in [-0.2, -0.15) is 4.31 Å². The Bertz CT molecular complexity index is 1210. The van der Waals surface area contributed by atoms with Gasteiger partial charge in [0.1, 0.15) is 17.7 Å². The molecule has 1 amide bonds. The van der Waals surface area contributed by atoms with Crippen LogP contribution in [0.4, 0.5) is 8.78 Å².